The van der Waals surface area contributed by atoms with Gasteiger partial charge in [0, 0.05) is 20.1 Å². The second kappa shape index (κ2) is 7.23. The molecule has 10 nitrogen and oxygen atoms in total. The third-order valence-electron chi connectivity index (χ3n) is 5.25. The summed E-state index contributed by atoms with van der Waals surface area (Å²) in [4.78, 5) is 51.9. The van der Waals surface area contributed by atoms with Gasteiger partial charge in [0.2, 0.25) is 0 Å². The summed E-state index contributed by atoms with van der Waals surface area (Å²) in [5.41, 5.74) is -2.47. The highest BCUT2D eigenvalue weighted by atomic mass is 16.6. The Hall–Kier alpha value is -2.78. The van der Waals surface area contributed by atoms with Gasteiger partial charge >= 0.3 is 23.4 Å². The first-order valence-corrected chi connectivity index (χ1v) is 9.76. The van der Waals surface area contributed by atoms with Crippen LogP contribution in [0.15, 0.2) is 21.7 Å². The van der Waals surface area contributed by atoms with E-state index in [0.717, 1.165) is 4.57 Å². The summed E-state index contributed by atoms with van der Waals surface area (Å²) in [6, 6.07) is -0.995. The van der Waals surface area contributed by atoms with Crippen molar-refractivity contribution in [2.75, 3.05) is 19.7 Å². The number of nitrogens with zero attached hydrogens (tertiary/aromatic N) is 4. The van der Waals surface area contributed by atoms with E-state index in [1.807, 2.05) is 0 Å². The lowest BCUT2D eigenvalue weighted by atomic mass is 9.85. The Morgan fingerprint density at radius 3 is 2.34 bits per heavy atom. The Morgan fingerprint density at radius 1 is 1.17 bits per heavy atom. The van der Waals surface area contributed by atoms with E-state index < -0.39 is 40.6 Å². The number of carbonyl (C=O) groups excluding carboxylic acids is 2. The Bertz CT molecular complexity index is 953. The van der Waals surface area contributed by atoms with Crippen LogP contribution >= 0.6 is 0 Å². The van der Waals surface area contributed by atoms with Gasteiger partial charge in [-0.2, -0.15) is 0 Å². The van der Waals surface area contributed by atoms with Gasteiger partial charge in [-0.25, -0.2) is 33.1 Å². The topological polar surface area (TPSA) is 105 Å². The number of likely N-dealkylation sites (tertiary alicyclic amines) is 1. The van der Waals surface area contributed by atoms with E-state index >= 15 is 0 Å². The molecule has 1 saturated heterocycles. The summed E-state index contributed by atoms with van der Waals surface area (Å²) in [5, 5.41) is 0. The SMILES string of the molecule is CCOC(=O)C1C=CC2(CCN(C(=O)OC(C)(C)C)CC2)n2c(=O)n(C)c(=O)n21. The van der Waals surface area contributed by atoms with Crippen LogP contribution in [0.2, 0.25) is 0 Å². The van der Waals surface area contributed by atoms with Crippen LogP contribution in [0.25, 0.3) is 0 Å². The zero-order chi connectivity index (χ0) is 21.6. The highest BCUT2D eigenvalue weighted by molar-refractivity contribution is 5.76. The van der Waals surface area contributed by atoms with Gasteiger partial charge < -0.3 is 14.4 Å². The molecule has 1 fully saturated rings. The molecule has 1 spiro atoms. The highest BCUT2D eigenvalue weighted by Gasteiger charge is 2.44. The minimum Gasteiger partial charge on any atom is -0.464 e. The summed E-state index contributed by atoms with van der Waals surface area (Å²) in [5.74, 6) is -0.591. The molecule has 0 aromatic carbocycles. The maximum atomic E-state index is 12.9. The van der Waals surface area contributed by atoms with Crippen molar-refractivity contribution in [3.63, 3.8) is 0 Å². The van der Waals surface area contributed by atoms with Gasteiger partial charge in [-0.3, -0.25) is 0 Å². The number of carbonyl (C=O) groups is 2. The summed E-state index contributed by atoms with van der Waals surface area (Å²) in [7, 11) is 1.38. The third-order valence-corrected chi connectivity index (χ3v) is 5.25. The van der Waals surface area contributed by atoms with Crippen molar-refractivity contribution in [3.05, 3.63) is 33.1 Å². The number of fused-ring (bicyclic) bond motifs is 2. The van der Waals surface area contributed by atoms with Gasteiger partial charge in [-0.05, 0) is 40.5 Å². The Labute approximate surface area is 168 Å². The lowest BCUT2D eigenvalue weighted by Gasteiger charge is -2.43. The van der Waals surface area contributed by atoms with Crippen molar-refractivity contribution >= 4 is 12.1 Å². The molecule has 2 aliphatic heterocycles. The van der Waals surface area contributed by atoms with Crippen molar-refractivity contribution in [2.45, 2.75) is 57.7 Å². The molecule has 1 aromatic heterocycles. The first-order valence-electron chi connectivity index (χ1n) is 9.76. The van der Waals surface area contributed by atoms with Crippen molar-refractivity contribution < 1.29 is 19.1 Å². The van der Waals surface area contributed by atoms with Crippen LogP contribution in [0, 0.1) is 0 Å². The molecule has 2 aliphatic rings. The lowest BCUT2D eigenvalue weighted by Crippen LogP contribution is -2.55. The fourth-order valence-corrected chi connectivity index (χ4v) is 3.81. The smallest absolute Gasteiger partial charge is 0.410 e. The summed E-state index contributed by atoms with van der Waals surface area (Å²) in [6.07, 6.45) is 3.84. The molecule has 1 atom stereocenters. The first kappa shape index (κ1) is 20.9. The number of esters is 1. The Morgan fingerprint density at radius 2 is 1.79 bits per heavy atom. The molecular formula is C19H28N4O6. The fourth-order valence-electron chi connectivity index (χ4n) is 3.81. The molecular weight excluding hydrogens is 380 g/mol. The monoisotopic (exact) mass is 408 g/mol. The molecule has 29 heavy (non-hydrogen) atoms. The largest absolute Gasteiger partial charge is 0.464 e. The molecule has 160 valence electrons. The molecule has 1 unspecified atom stereocenters. The normalized spacial score (nSPS) is 20.4. The van der Waals surface area contributed by atoms with E-state index in [1.54, 1.807) is 44.7 Å². The number of allylic oxidation sites excluding steroid dienone is 1. The molecule has 3 rings (SSSR count). The van der Waals surface area contributed by atoms with Crippen LogP contribution in [0.1, 0.15) is 46.6 Å². The standard InChI is InChI=1S/C19H28N4O6/c1-6-28-14(24)13-7-8-19(23-16(26)20(5)15(25)22(13)23)9-11-21(12-10-19)17(27)29-18(2,3)4/h7-8,13H,6,9-12H2,1-5H3. The highest BCUT2D eigenvalue weighted by Crippen LogP contribution is 2.35. The molecule has 3 heterocycles. The van der Waals surface area contributed by atoms with Gasteiger partial charge in [0.25, 0.3) is 0 Å². The quantitative estimate of drug-likeness (QED) is 0.528. The average molecular weight is 408 g/mol. The predicted molar refractivity (Wildman–Crippen MR) is 104 cm³/mol. The second-order valence-corrected chi connectivity index (χ2v) is 8.41. The van der Waals surface area contributed by atoms with Gasteiger partial charge in [0.05, 0.1) is 12.1 Å². The number of hydrogen-bond donors (Lipinski definition) is 0. The van der Waals surface area contributed by atoms with Crippen LogP contribution in [0.4, 0.5) is 4.79 Å². The minimum absolute atomic E-state index is 0.172. The minimum atomic E-state index is -0.995. The molecule has 1 aromatic rings. The van der Waals surface area contributed by atoms with E-state index in [4.69, 9.17) is 9.47 Å². The molecule has 1 amide bonds. The van der Waals surface area contributed by atoms with Gasteiger partial charge in [-0.1, -0.05) is 12.2 Å². The first-order chi connectivity index (χ1) is 13.5. The van der Waals surface area contributed by atoms with Crippen molar-refractivity contribution in [1.82, 2.24) is 18.8 Å². The van der Waals surface area contributed by atoms with Crippen molar-refractivity contribution in [3.8, 4) is 0 Å². The van der Waals surface area contributed by atoms with E-state index in [9.17, 15) is 19.2 Å². The van der Waals surface area contributed by atoms with Crippen LogP contribution in [0.5, 0.6) is 0 Å². The van der Waals surface area contributed by atoms with E-state index in [1.165, 1.54) is 16.4 Å². The maximum Gasteiger partial charge on any atom is 0.410 e. The van der Waals surface area contributed by atoms with E-state index in [2.05, 4.69) is 0 Å². The number of ether oxygens (including phenoxy) is 2. The van der Waals surface area contributed by atoms with Gasteiger partial charge in [0.1, 0.15) is 5.60 Å². The van der Waals surface area contributed by atoms with E-state index in [0.29, 0.717) is 25.9 Å². The predicted octanol–water partition coefficient (Wildman–Crippen LogP) is 0.749. The number of rotatable bonds is 2. The molecule has 0 aliphatic carbocycles. The number of hydrogen-bond acceptors (Lipinski definition) is 6. The molecule has 0 saturated carbocycles. The Balaban J connectivity index is 1.93. The second-order valence-electron chi connectivity index (χ2n) is 8.41. The number of amides is 1. The average Bonchev–Trinajstić information content (AvgIpc) is 2.87. The number of piperidine rings is 1. The summed E-state index contributed by atoms with van der Waals surface area (Å²) >= 11 is 0. The third kappa shape index (κ3) is 3.63. The lowest BCUT2D eigenvalue weighted by molar-refractivity contribution is -0.146. The molecule has 0 N–H and O–H groups in total. The van der Waals surface area contributed by atoms with Gasteiger partial charge in [-0.15, -0.1) is 0 Å². The van der Waals surface area contributed by atoms with Crippen LogP contribution in [-0.2, 0) is 26.9 Å². The molecule has 0 radical (unpaired) electrons. The van der Waals surface area contributed by atoms with Crippen LogP contribution in [-0.4, -0.2) is 56.2 Å². The zero-order valence-corrected chi connectivity index (χ0v) is 17.5. The summed E-state index contributed by atoms with van der Waals surface area (Å²) in [6.45, 7) is 7.98. The van der Waals surface area contributed by atoms with Crippen LogP contribution < -0.4 is 11.4 Å². The molecule has 10 heteroatoms. The fraction of sp³-hybridized carbons (Fsp3) is 0.684. The van der Waals surface area contributed by atoms with Crippen molar-refractivity contribution in [1.29, 1.82) is 0 Å². The van der Waals surface area contributed by atoms with Crippen LogP contribution in [0.3, 0.4) is 0 Å². The zero-order valence-electron chi connectivity index (χ0n) is 17.5. The van der Waals surface area contributed by atoms with Crippen molar-refractivity contribution in [2.24, 2.45) is 7.05 Å². The Kier molecular flexibility index (Phi) is 5.22. The number of aromatic nitrogens is 3. The summed E-state index contributed by atoms with van der Waals surface area (Å²) < 4.78 is 14.0. The molecule has 0 bridgehead atoms. The maximum absolute atomic E-state index is 12.9. The van der Waals surface area contributed by atoms with E-state index in [-0.39, 0.29) is 6.61 Å². The van der Waals surface area contributed by atoms with Gasteiger partial charge in [0.15, 0.2) is 6.04 Å².